The maximum absolute atomic E-state index is 9.41. The summed E-state index contributed by atoms with van der Waals surface area (Å²) in [5, 5.41) is 9.41. The summed E-state index contributed by atoms with van der Waals surface area (Å²) < 4.78 is 0. The lowest BCUT2D eigenvalue weighted by Gasteiger charge is -2.26. The fourth-order valence-corrected chi connectivity index (χ4v) is 4.55. The highest BCUT2D eigenvalue weighted by Crippen LogP contribution is 2.41. The summed E-state index contributed by atoms with van der Waals surface area (Å²) in [7, 11) is 0. The monoisotopic (exact) mass is 423 g/mol. The second-order valence-electron chi connectivity index (χ2n) is 8.96. The molecule has 0 aliphatic carbocycles. The third-order valence-corrected chi connectivity index (χ3v) is 6.07. The molecule has 0 unspecified atom stereocenters. The number of nitrogens with two attached hydrogens (primary N) is 1. The van der Waals surface area contributed by atoms with E-state index >= 15 is 0 Å². The van der Waals surface area contributed by atoms with E-state index in [1.54, 1.807) is 0 Å². The van der Waals surface area contributed by atoms with Gasteiger partial charge in [-0.3, -0.25) is 4.98 Å². The van der Waals surface area contributed by atoms with Crippen LogP contribution in [0.15, 0.2) is 42.7 Å². The minimum absolute atomic E-state index is 0.268. The summed E-state index contributed by atoms with van der Waals surface area (Å²) in [6, 6.07) is 11.9. The number of benzene rings is 1. The highest BCUT2D eigenvalue weighted by molar-refractivity contribution is 5.91. The van der Waals surface area contributed by atoms with Crippen LogP contribution in [0.2, 0.25) is 0 Å². The molecule has 1 aromatic carbocycles. The first kappa shape index (κ1) is 20.2. The van der Waals surface area contributed by atoms with E-state index in [-0.39, 0.29) is 5.54 Å². The molecule has 3 N–H and O–H groups in total. The van der Waals surface area contributed by atoms with E-state index in [4.69, 9.17) is 10.7 Å². The van der Waals surface area contributed by atoms with Crippen LogP contribution in [-0.4, -0.2) is 38.6 Å². The van der Waals surface area contributed by atoms with Crippen molar-refractivity contribution in [3.63, 3.8) is 0 Å². The molecule has 160 valence electrons. The third-order valence-electron chi connectivity index (χ3n) is 6.07. The lowest BCUT2D eigenvalue weighted by atomic mass is 9.99. The molecule has 4 heterocycles. The minimum Gasteiger partial charge on any atom is -0.368 e. The van der Waals surface area contributed by atoms with E-state index < -0.39 is 0 Å². The first-order chi connectivity index (χ1) is 15.3. The lowest BCUT2D eigenvalue weighted by molar-refractivity contribution is 0.525. The van der Waals surface area contributed by atoms with Crippen molar-refractivity contribution in [2.24, 2.45) is 5.73 Å². The molecular formula is C25H25N7. The van der Waals surface area contributed by atoms with Gasteiger partial charge in [0.05, 0.1) is 22.9 Å². The quantitative estimate of drug-likeness (QED) is 0.514. The Balaban J connectivity index is 1.74. The van der Waals surface area contributed by atoms with Crippen LogP contribution in [0.5, 0.6) is 0 Å². The van der Waals surface area contributed by atoms with Gasteiger partial charge in [-0.25, -0.2) is 9.97 Å². The summed E-state index contributed by atoms with van der Waals surface area (Å²) in [5.74, 6) is 0.729. The maximum atomic E-state index is 9.41. The number of nitriles is 1. The zero-order valence-corrected chi connectivity index (χ0v) is 18.5. The number of nitrogens with zero attached hydrogens (tertiary/aromatic N) is 5. The molecule has 0 saturated carbocycles. The van der Waals surface area contributed by atoms with Crippen LogP contribution in [0, 0.1) is 25.2 Å². The first-order valence-corrected chi connectivity index (χ1v) is 10.7. The van der Waals surface area contributed by atoms with Crippen LogP contribution in [0.25, 0.3) is 33.7 Å². The van der Waals surface area contributed by atoms with E-state index in [9.17, 15) is 5.26 Å². The maximum Gasteiger partial charge on any atom is 0.158 e. The van der Waals surface area contributed by atoms with Crippen LogP contribution in [0.3, 0.4) is 0 Å². The van der Waals surface area contributed by atoms with Gasteiger partial charge in [0.1, 0.15) is 11.3 Å². The molecule has 32 heavy (non-hydrogen) atoms. The van der Waals surface area contributed by atoms with Gasteiger partial charge in [0.25, 0.3) is 0 Å². The fourth-order valence-electron chi connectivity index (χ4n) is 4.55. The highest BCUT2D eigenvalue weighted by atomic mass is 15.2. The topological polar surface area (TPSA) is 108 Å². The summed E-state index contributed by atoms with van der Waals surface area (Å²) in [6.07, 6.45) is 4.60. The predicted molar refractivity (Wildman–Crippen MR) is 126 cm³/mol. The average molecular weight is 424 g/mol. The largest absolute Gasteiger partial charge is 0.368 e. The number of aromatic nitrogens is 4. The number of pyridine rings is 2. The minimum atomic E-state index is -0.268. The fraction of sp³-hybridized carbons (Fsp3) is 0.280. The van der Waals surface area contributed by atoms with Crippen molar-refractivity contribution >= 4 is 16.9 Å². The van der Waals surface area contributed by atoms with Gasteiger partial charge in [-0.05, 0) is 56.5 Å². The van der Waals surface area contributed by atoms with E-state index in [0.29, 0.717) is 5.56 Å². The second-order valence-corrected chi connectivity index (χ2v) is 8.96. The summed E-state index contributed by atoms with van der Waals surface area (Å²) >= 11 is 0. The van der Waals surface area contributed by atoms with E-state index in [2.05, 4.69) is 32.8 Å². The normalized spacial score (nSPS) is 18.3. The Hall–Kier alpha value is -3.76. The van der Waals surface area contributed by atoms with Crippen LogP contribution < -0.4 is 10.6 Å². The predicted octanol–water partition coefficient (Wildman–Crippen LogP) is 4.10. The Morgan fingerprint density at radius 3 is 2.72 bits per heavy atom. The van der Waals surface area contributed by atoms with Crippen LogP contribution in [-0.2, 0) is 0 Å². The second kappa shape index (κ2) is 7.43. The molecule has 0 radical (unpaired) electrons. The zero-order chi connectivity index (χ0) is 22.5. The summed E-state index contributed by atoms with van der Waals surface area (Å²) in [5.41, 5.74) is 14.3. The van der Waals surface area contributed by atoms with Gasteiger partial charge < -0.3 is 15.6 Å². The molecule has 3 aromatic heterocycles. The molecule has 0 spiro atoms. The van der Waals surface area contributed by atoms with Gasteiger partial charge in [0.15, 0.2) is 5.65 Å². The first-order valence-electron chi connectivity index (χ1n) is 10.7. The lowest BCUT2D eigenvalue weighted by Crippen LogP contribution is -2.39. The molecular weight excluding hydrogens is 398 g/mol. The Morgan fingerprint density at radius 2 is 1.97 bits per heavy atom. The molecule has 0 bridgehead atoms. The number of fused-ring (bicyclic) bond motifs is 1. The number of nitrogens with one attached hydrogen (secondary N) is 1. The van der Waals surface area contributed by atoms with Crippen molar-refractivity contribution in [2.75, 3.05) is 18.0 Å². The molecule has 1 atom stereocenters. The number of hydrogen-bond donors (Lipinski definition) is 2. The smallest absolute Gasteiger partial charge is 0.158 e. The van der Waals surface area contributed by atoms with Crippen LogP contribution >= 0.6 is 0 Å². The number of imidazole rings is 1. The molecule has 1 aliphatic heterocycles. The van der Waals surface area contributed by atoms with E-state index in [1.165, 1.54) is 0 Å². The number of anilines is 1. The van der Waals surface area contributed by atoms with Gasteiger partial charge in [-0.15, -0.1) is 0 Å². The Kier molecular flexibility index (Phi) is 4.68. The Bertz CT molecular complexity index is 1380. The standard InChI is InChI=1S/C25H25N7/c1-15-9-16(2)29-24-21(15)30-23(31-24)20-13-28-12-19(18-6-4-5-17(10-18)11-26)22(20)32-8-7-25(3,27)14-32/h4-6,9-10,12-13H,7-8,14,27H2,1-3H3,(H,29,30,31)/t25-/m0/s1. The zero-order valence-electron chi connectivity index (χ0n) is 18.5. The van der Waals surface area contributed by atoms with Gasteiger partial charge in [0, 0.05) is 42.3 Å². The van der Waals surface area contributed by atoms with Crippen molar-refractivity contribution in [2.45, 2.75) is 32.7 Å². The number of rotatable bonds is 3. The van der Waals surface area contributed by atoms with Gasteiger partial charge >= 0.3 is 0 Å². The Morgan fingerprint density at radius 1 is 1.16 bits per heavy atom. The number of H-pyrrole nitrogens is 1. The molecule has 1 fully saturated rings. The van der Waals surface area contributed by atoms with Gasteiger partial charge in [0.2, 0.25) is 0 Å². The summed E-state index contributed by atoms with van der Waals surface area (Å²) in [6.45, 7) is 7.68. The molecule has 7 heteroatoms. The van der Waals surface area contributed by atoms with Gasteiger partial charge in [-0.1, -0.05) is 12.1 Å². The van der Waals surface area contributed by atoms with Crippen LogP contribution in [0.4, 0.5) is 5.69 Å². The Labute approximate surface area is 187 Å². The number of hydrogen-bond acceptors (Lipinski definition) is 6. The number of aromatic amines is 1. The van der Waals surface area contributed by atoms with Crippen molar-refractivity contribution in [1.82, 2.24) is 19.9 Å². The highest BCUT2D eigenvalue weighted by Gasteiger charge is 2.33. The van der Waals surface area contributed by atoms with Crippen molar-refractivity contribution < 1.29 is 0 Å². The van der Waals surface area contributed by atoms with Gasteiger partial charge in [-0.2, -0.15) is 5.26 Å². The average Bonchev–Trinajstić information content (AvgIpc) is 3.36. The van der Waals surface area contributed by atoms with Crippen molar-refractivity contribution in [1.29, 1.82) is 5.26 Å². The molecule has 7 nitrogen and oxygen atoms in total. The SMILES string of the molecule is Cc1cc(C)c2nc(-c3cncc(-c4cccc(C#N)c4)c3N3CC[C@](C)(N)C3)[nH]c2n1. The van der Waals surface area contributed by atoms with Crippen molar-refractivity contribution in [3.8, 4) is 28.6 Å². The molecule has 1 aliphatic rings. The van der Waals surface area contributed by atoms with E-state index in [0.717, 1.165) is 70.1 Å². The molecule has 0 amide bonds. The number of aryl methyl sites for hydroxylation is 2. The molecule has 4 aromatic rings. The summed E-state index contributed by atoms with van der Waals surface area (Å²) in [4.78, 5) is 19.8. The van der Waals surface area contributed by atoms with Crippen LogP contribution in [0.1, 0.15) is 30.2 Å². The molecule has 1 saturated heterocycles. The van der Waals surface area contributed by atoms with Crippen molar-refractivity contribution in [3.05, 3.63) is 59.5 Å². The van der Waals surface area contributed by atoms with E-state index in [1.807, 2.05) is 56.6 Å². The third kappa shape index (κ3) is 3.49. The molecule has 5 rings (SSSR count).